The van der Waals surface area contributed by atoms with Crippen molar-refractivity contribution in [3.8, 4) is 0 Å². The molecule has 5 nitrogen and oxygen atoms in total. The Morgan fingerprint density at radius 2 is 1.88 bits per heavy atom. The number of carbonyl (C=O) groups excluding carboxylic acids is 3. The average molecular weight is 348 g/mol. The van der Waals surface area contributed by atoms with Crippen LogP contribution < -0.4 is 5.32 Å². The zero-order valence-electron chi connectivity index (χ0n) is 14.2. The molecule has 2 aliphatic rings. The van der Waals surface area contributed by atoms with Gasteiger partial charge < -0.3 is 5.32 Å². The van der Waals surface area contributed by atoms with Crippen LogP contribution in [0, 0.1) is 17.8 Å². The molecule has 1 saturated heterocycles. The van der Waals surface area contributed by atoms with Crippen molar-refractivity contribution in [2.75, 3.05) is 6.54 Å². The Morgan fingerprint density at radius 1 is 1.25 bits per heavy atom. The number of nitrogens with zero attached hydrogens (tertiary/aromatic N) is 1. The van der Waals surface area contributed by atoms with Crippen LogP contribution in [0.4, 0.5) is 0 Å². The molecule has 3 amide bonds. The molecule has 2 fully saturated rings. The van der Waals surface area contributed by atoms with Crippen LogP contribution in [0.1, 0.15) is 50.4 Å². The number of likely N-dealkylation sites (tertiary alicyclic amines) is 1. The van der Waals surface area contributed by atoms with Crippen molar-refractivity contribution in [1.82, 2.24) is 10.2 Å². The zero-order chi connectivity index (χ0) is 17.3. The molecule has 2 heterocycles. The van der Waals surface area contributed by atoms with Crippen LogP contribution in [0.3, 0.4) is 0 Å². The van der Waals surface area contributed by atoms with Crippen LogP contribution in [0.15, 0.2) is 17.5 Å². The van der Waals surface area contributed by atoms with Crippen molar-refractivity contribution in [3.63, 3.8) is 0 Å². The predicted octanol–water partition coefficient (Wildman–Crippen LogP) is 2.74. The lowest BCUT2D eigenvalue weighted by atomic mass is 9.81. The van der Waals surface area contributed by atoms with E-state index in [4.69, 9.17) is 0 Å². The maximum Gasteiger partial charge on any atom is 0.240 e. The summed E-state index contributed by atoms with van der Waals surface area (Å²) in [6.07, 6.45) is 3.54. The van der Waals surface area contributed by atoms with E-state index in [2.05, 4.69) is 5.32 Å². The number of hydrogen-bond donors (Lipinski definition) is 1. The summed E-state index contributed by atoms with van der Waals surface area (Å²) in [5, 5.41) is 4.97. The van der Waals surface area contributed by atoms with E-state index < -0.39 is 0 Å². The number of fused-ring (bicyclic) bond motifs is 1. The quantitative estimate of drug-likeness (QED) is 0.832. The van der Waals surface area contributed by atoms with Crippen molar-refractivity contribution in [2.24, 2.45) is 17.8 Å². The fraction of sp³-hybridized carbons (Fsp3) is 0.611. The summed E-state index contributed by atoms with van der Waals surface area (Å²) in [6, 6.07) is 3.86. The molecule has 130 valence electrons. The fourth-order valence-electron chi connectivity index (χ4n) is 3.78. The van der Waals surface area contributed by atoms with Gasteiger partial charge in [-0.3, -0.25) is 19.3 Å². The number of nitrogens with one attached hydrogen (secondary N) is 1. The minimum atomic E-state index is -0.262. The van der Waals surface area contributed by atoms with Gasteiger partial charge in [-0.05, 0) is 30.2 Å². The van der Waals surface area contributed by atoms with E-state index in [9.17, 15) is 14.4 Å². The predicted molar refractivity (Wildman–Crippen MR) is 92.2 cm³/mol. The molecular formula is C18H24N2O3S. The third-order valence-corrected chi connectivity index (χ3v) is 6.02. The van der Waals surface area contributed by atoms with Crippen LogP contribution in [-0.4, -0.2) is 29.2 Å². The van der Waals surface area contributed by atoms with Crippen molar-refractivity contribution in [2.45, 2.75) is 45.6 Å². The molecule has 1 aromatic rings. The molecule has 6 heteroatoms. The number of rotatable bonds is 5. The second-order valence-electron chi connectivity index (χ2n) is 7.06. The highest BCUT2D eigenvalue weighted by atomic mass is 32.1. The summed E-state index contributed by atoms with van der Waals surface area (Å²) in [7, 11) is 0. The van der Waals surface area contributed by atoms with Gasteiger partial charge in [0.1, 0.15) is 6.54 Å². The topological polar surface area (TPSA) is 66.5 Å². The smallest absolute Gasteiger partial charge is 0.240 e. The van der Waals surface area contributed by atoms with Gasteiger partial charge in [0, 0.05) is 4.88 Å². The molecule has 24 heavy (non-hydrogen) atoms. The maximum absolute atomic E-state index is 12.5. The third-order valence-electron chi connectivity index (χ3n) is 5.07. The molecule has 3 rings (SSSR count). The molecule has 0 radical (unpaired) electrons. The SMILES string of the molecule is CC(C)C(NC(=O)CN1C(=O)C2CCCCC2C1=O)c1cccs1. The van der Waals surface area contributed by atoms with E-state index in [-0.39, 0.29) is 48.1 Å². The van der Waals surface area contributed by atoms with Crippen LogP contribution in [0.5, 0.6) is 0 Å². The fourth-order valence-corrected chi connectivity index (χ4v) is 4.73. The van der Waals surface area contributed by atoms with Gasteiger partial charge >= 0.3 is 0 Å². The van der Waals surface area contributed by atoms with Gasteiger partial charge in [-0.25, -0.2) is 0 Å². The number of carbonyl (C=O) groups is 3. The Morgan fingerprint density at radius 3 is 2.38 bits per heavy atom. The first-order chi connectivity index (χ1) is 11.5. The highest BCUT2D eigenvalue weighted by molar-refractivity contribution is 7.10. The minimum Gasteiger partial charge on any atom is -0.347 e. The van der Waals surface area contributed by atoms with Gasteiger partial charge in [0.25, 0.3) is 0 Å². The minimum absolute atomic E-state index is 0.0902. The van der Waals surface area contributed by atoms with E-state index >= 15 is 0 Å². The molecular weight excluding hydrogens is 324 g/mol. The van der Waals surface area contributed by atoms with E-state index in [1.807, 2.05) is 31.4 Å². The molecule has 1 saturated carbocycles. The van der Waals surface area contributed by atoms with Crippen LogP contribution in [0.25, 0.3) is 0 Å². The van der Waals surface area contributed by atoms with Gasteiger partial charge in [-0.2, -0.15) is 0 Å². The molecule has 0 bridgehead atoms. The average Bonchev–Trinajstić information content (AvgIpc) is 3.16. The second-order valence-corrected chi connectivity index (χ2v) is 8.04. The Bertz CT molecular complexity index is 602. The van der Waals surface area contributed by atoms with Gasteiger partial charge in [0.05, 0.1) is 17.9 Å². The Kier molecular flexibility index (Phi) is 5.04. The van der Waals surface area contributed by atoms with Gasteiger partial charge in [0.15, 0.2) is 0 Å². The van der Waals surface area contributed by atoms with Crippen molar-refractivity contribution >= 4 is 29.1 Å². The van der Waals surface area contributed by atoms with E-state index in [1.54, 1.807) is 11.3 Å². The largest absolute Gasteiger partial charge is 0.347 e. The standard InChI is InChI=1S/C18H24N2O3S/c1-11(2)16(14-8-5-9-24-14)19-15(21)10-20-17(22)12-6-3-4-7-13(12)18(20)23/h5,8-9,11-13,16H,3-4,6-7,10H2,1-2H3,(H,19,21). The third kappa shape index (κ3) is 3.24. The highest BCUT2D eigenvalue weighted by Crippen LogP contribution is 2.37. The lowest BCUT2D eigenvalue weighted by Crippen LogP contribution is -2.42. The lowest BCUT2D eigenvalue weighted by Gasteiger charge is -2.23. The summed E-state index contributed by atoms with van der Waals surface area (Å²) in [5.41, 5.74) is 0. The van der Waals surface area contributed by atoms with E-state index in [1.165, 1.54) is 4.90 Å². The Labute approximate surface area is 146 Å². The summed E-state index contributed by atoms with van der Waals surface area (Å²) in [4.78, 5) is 39.6. The first kappa shape index (κ1) is 17.1. The van der Waals surface area contributed by atoms with E-state index in [0.29, 0.717) is 0 Å². The molecule has 1 aromatic heterocycles. The first-order valence-corrected chi connectivity index (χ1v) is 9.55. The lowest BCUT2D eigenvalue weighted by molar-refractivity contribution is -0.143. The molecule has 1 aliphatic carbocycles. The summed E-state index contributed by atoms with van der Waals surface area (Å²) in [5.74, 6) is -0.730. The van der Waals surface area contributed by atoms with Gasteiger partial charge in [-0.1, -0.05) is 32.8 Å². The monoisotopic (exact) mass is 348 g/mol. The maximum atomic E-state index is 12.5. The van der Waals surface area contributed by atoms with Gasteiger partial charge in [0.2, 0.25) is 17.7 Å². The van der Waals surface area contributed by atoms with Crippen LogP contribution >= 0.6 is 11.3 Å². The van der Waals surface area contributed by atoms with Crippen molar-refractivity contribution in [1.29, 1.82) is 0 Å². The summed E-state index contributed by atoms with van der Waals surface area (Å²) >= 11 is 1.60. The molecule has 3 unspecified atom stereocenters. The zero-order valence-corrected chi connectivity index (χ0v) is 15.0. The number of amides is 3. The summed E-state index contributed by atoms with van der Waals surface area (Å²) in [6.45, 7) is 3.94. The Hall–Kier alpha value is -1.69. The van der Waals surface area contributed by atoms with Crippen LogP contribution in [0.2, 0.25) is 0 Å². The number of imide groups is 1. The number of hydrogen-bond acceptors (Lipinski definition) is 4. The first-order valence-electron chi connectivity index (χ1n) is 8.67. The Balaban J connectivity index is 1.66. The molecule has 3 atom stereocenters. The normalized spacial score (nSPS) is 25.0. The second kappa shape index (κ2) is 7.05. The molecule has 1 aliphatic heterocycles. The van der Waals surface area contributed by atoms with Crippen LogP contribution in [-0.2, 0) is 14.4 Å². The molecule has 0 aromatic carbocycles. The molecule has 1 N–H and O–H groups in total. The van der Waals surface area contributed by atoms with Crippen molar-refractivity contribution in [3.05, 3.63) is 22.4 Å². The summed E-state index contributed by atoms with van der Waals surface area (Å²) < 4.78 is 0. The number of thiophene rings is 1. The van der Waals surface area contributed by atoms with Crippen molar-refractivity contribution < 1.29 is 14.4 Å². The van der Waals surface area contributed by atoms with E-state index in [0.717, 1.165) is 30.6 Å². The molecule has 0 spiro atoms. The van der Waals surface area contributed by atoms with Gasteiger partial charge in [-0.15, -0.1) is 11.3 Å². The highest BCUT2D eigenvalue weighted by Gasteiger charge is 2.48.